The maximum Gasteiger partial charge on any atom is 0.260 e. The Kier molecular flexibility index (Phi) is 5.01. The maximum atomic E-state index is 12.1. The van der Waals surface area contributed by atoms with E-state index in [1.807, 2.05) is 36.9 Å². The van der Waals surface area contributed by atoms with Crippen LogP contribution in [-0.2, 0) is 4.79 Å². The van der Waals surface area contributed by atoms with E-state index in [-0.39, 0.29) is 12.5 Å². The summed E-state index contributed by atoms with van der Waals surface area (Å²) in [5.74, 6) is 0.896. The lowest BCUT2D eigenvalue weighted by atomic mass is 10.1. The van der Waals surface area contributed by atoms with Crippen LogP contribution in [-0.4, -0.2) is 55.0 Å². The molecule has 0 aliphatic carbocycles. The van der Waals surface area contributed by atoms with Crippen molar-refractivity contribution >= 4 is 5.91 Å². The molecule has 1 aliphatic rings. The summed E-state index contributed by atoms with van der Waals surface area (Å²) in [6, 6.07) is 6.06. The Labute approximate surface area is 121 Å². The van der Waals surface area contributed by atoms with Gasteiger partial charge in [0, 0.05) is 26.2 Å². The minimum Gasteiger partial charge on any atom is -0.483 e. The van der Waals surface area contributed by atoms with Crippen molar-refractivity contribution in [3.63, 3.8) is 0 Å². The zero-order valence-electron chi connectivity index (χ0n) is 12.7. The predicted molar refractivity (Wildman–Crippen MR) is 80.1 cm³/mol. The van der Waals surface area contributed by atoms with Gasteiger partial charge in [-0.3, -0.25) is 4.79 Å². The van der Waals surface area contributed by atoms with E-state index in [1.165, 1.54) is 0 Å². The molecule has 0 radical (unpaired) electrons. The molecule has 0 aromatic heterocycles. The molecule has 1 fully saturated rings. The van der Waals surface area contributed by atoms with Gasteiger partial charge in [0.05, 0.1) is 0 Å². The minimum absolute atomic E-state index is 0.0849. The largest absolute Gasteiger partial charge is 0.483 e. The van der Waals surface area contributed by atoms with E-state index in [0.717, 1.165) is 49.6 Å². The molecule has 4 nitrogen and oxygen atoms in total. The van der Waals surface area contributed by atoms with Crippen LogP contribution < -0.4 is 4.74 Å². The van der Waals surface area contributed by atoms with Gasteiger partial charge in [0.15, 0.2) is 6.61 Å². The zero-order chi connectivity index (χ0) is 14.5. The van der Waals surface area contributed by atoms with Gasteiger partial charge in [-0.25, -0.2) is 0 Å². The molecule has 1 saturated heterocycles. The highest BCUT2D eigenvalue weighted by Gasteiger charge is 2.20. The molecule has 20 heavy (non-hydrogen) atoms. The Hall–Kier alpha value is -1.55. The molecule has 4 heteroatoms. The average molecular weight is 276 g/mol. The van der Waals surface area contributed by atoms with Gasteiger partial charge in [-0.15, -0.1) is 0 Å². The lowest BCUT2D eigenvalue weighted by Crippen LogP contribution is -2.49. The molecule has 0 unspecified atom stereocenters. The van der Waals surface area contributed by atoms with E-state index in [2.05, 4.69) is 11.8 Å². The van der Waals surface area contributed by atoms with Crippen LogP contribution in [0.15, 0.2) is 18.2 Å². The van der Waals surface area contributed by atoms with Crippen molar-refractivity contribution in [2.45, 2.75) is 20.8 Å². The number of piperazine rings is 1. The van der Waals surface area contributed by atoms with Gasteiger partial charge in [-0.1, -0.05) is 19.1 Å². The number of carbonyl (C=O) groups excluding carboxylic acids is 1. The summed E-state index contributed by atoms with van der Waals surface area (Å²) in [4.78, 5) is 16.4. The van der Waals surface area contributed by atoms with Crippen LogP contribution in [0.4, 0.5) is 0 Å². The molecule has 1 amide bonds. The molecule has 0 saturated carbocycles. The van der Waals surface area contributed by atoms with Crippen LogP contribution in [0.3, 0.4) is 0 Å². The van der Waals surface area contributed by atoms with Gasteiger partial charge in [-0.05, 0) is 37.6 Å². The summed E-state index contributed by atoms with van der Waals surface area (Å²) in [6.45, 7) is 10.9. The highest BCUT2D eigenvalue weighted by Crippen LogP contribution is 2.19. The topological polar surface area (TPSA) is 32.8 Å². The third kappa shape index (κ3) is 3.73. The number of hydrogen-bond acceptors (Lipinski definition) is 3. The number of hydrogen-bond donors (Lipinski definition) is 0. The fourth-order valence-corrected chi connectivity index (χ4v) is 2.41. The fraction of sp³-hybridized carbons (Fsp3) is 0.562. The van der Waals surface area contributed by atoms with E-state index in [0.29, 0.717) is 0 Å². The molecular formula is C16H24N2O2. The van der Waals surface area contributed by atoms with Gasteiger partial charge in [0.1, 0.15) is 5.75 Å². The SMILES string of the molecule is CCN1CCN(C(=O)COc2cc(C)ccc2C)CC1. The summed E-state index contributed by atoms with van der Waals surface area (Å²) in [6.07, 6.45) is 0. The van der Waals surface area contributed by atoms with Gasteiger partial charge < -0.3 is 14.5 Å². The molecule has 110 valence electrons. The second-order valence-electron chi connectivity index (χ2n) is 5.37. The predicted octanol–water partition coefficient (Wildman–Crippen LogP) is 1.85. The van der Waals surface area contributed by atoms with E-state index in [4.69, 9.17) is 4.74 Å². The number of amides is 1. The Morgan fingerprint density at radius 2 is 1.90 bits per heavy atom. The average Bonchev–Trinajstić information content (AvgIpc) is 2.48. The summed E-state index contributed by atoms with van der Waals surface area (Å²) in [5.41, 5.74) is 2.22. The number of likely N-dealkylation sites (N-methyl/N-ethyl adjacent to an activating group) is 1. The standard InChI is InChI=1S/C16H24N2O2/c1-4-17-7-9-18(10-8-17)16(19)12-20-15-11-13(2)5-6-14(15)3/h5-6,11H,4,7-10,12H2,1-3H3. The molecule has 0 bridgehead atoms. The van der Waals surface area contributed by atoms with Crippen molar-refractivity contribution in [2.75, 3.05) is 39.3 Å². The molecule has 0 spiro atoms. The third-order valence-corrected chi connectivity index (χ3v) is 3.87. The molecule has 1 heterocycles. The molecule has 2 rings (SSSR count). The van der Waals surface area contributed by atoms with Crippen LogP contribution in [0.5, 0.6) is 5.75 Å². The van der Waals surface area contributed by atoms with Gasteiger partial charge >= 0.3 is 0 Å². The smallest absolute Gasteiger partial charge is 0.260 e. The molecule has 0 N–H and O–H groups in total. The summed E-state index contributed by atoms with van der Waals surface area (Å²) < 4.78 is 5.68. The second kappa shape index (κ2) is 6.75. The fourth-order valence-electron chi connectivity index (χ4n) is 2.41. The summed E-state index contributed by atoms with van der Waals surface area (Å²) in [7, 11) is 0. The zero-order valence-corrected chi connectivity index (χ0v) is 12.7. The monoisotopic (exact) mass is 276 g/mol. The Morgan fingerprint density at radius 1 is 1.20 bits per heavy atom. The van der Waals surface area contributed by atoms with Crippen LogP contribution in [0.2, 0.25) is 0 Å². The van der Waals surface area contributed by atoms with Crippen molar-refractivity contribution in [3.05, 3.63) is 29.3 Å². The van der Waals surface area contributed by atoms with Crippen molar-refractivity contribution in [1.29, 1.82) is 0 Å². The minimum atomic E-state index is 0.0849. The van der Waals surface area contributed by atoms with Crippen molar-refractivity contribution in [2.24, 2.45) is 0 Å². The second-order valence-corrected chi connectivity index (χ2v) is 5.37. The van der Waals surface area contributed by atoms with Gasteiger partial charge in [0.25, 0.3) is 5.91 Å². The van der Waals surface area contributed by atoms with E-state index in [9.17, 15) is 4.79 Å². The molecule has 1 aromatic rings. The normalized spacial score (nSPS) is 16.2. The highest BCUT2D eigenvalue weighted by molar-refractivity contribution is 5.78. The first-order chi connectivity index (χ1) is 9.60. The van der Waals surface area contributed by atoms with Gasteiger partial charge in [-0.2, -0.15) is 0 Å². The van der Waals surface area contributed by atoms with Crippen molar-refractivity contribution in [1.82, 2.24) is 9.80 Å². The Balaban J connectivity index is 1.85. The number of nitrogens with zero attached hydrogens (tertiary/aromatic N) is 2. The highest BCUT2D eigenvalue weighted by atomic mass is 16.5. The van der Waals surface area contributed by atoms with E-state index in [1.54, 1.807) is 0 Å². The van der Waals surface area contributed by atoms with Gasteiger partial charge in [0.2, 0.25) is 0 Å². The van der Waals surface area contributed by atoms with Crippen LogP contribution in [0.1, 0.15) is 18.1 Å². The summed E-state index contributed by atoms with van der Waals surface area (Å²) in [5, 5.41) is 0. The number of aryl methyl sites for hydroxylation is 2. The number of rotatable bonds is 4. The van der Waals surface area contributed by atoms with E-state index >= 15 is 0 Å². The lowest BCUT2D eigenvalue weighted by molar-refractivity contribution is -0.135. The Morgan fingerprint density at radius 3 is 2.55 bits per heavy atom. The molecule has 1 aromatic carbocycles. The maximum absolute atomic E-state index is 12.1. The number of benzene rings is 1. The first-order valence-electron chi connectivity index (χ1n) is 7.30. The summed E-state index contributed by atoms with van der Waals surface area (Å²) >= 11 is 0. The lowest BCUT2D eigenvalue weighted by Gasteiger charge is -2.34. The van der Waals surface area contributed by atoms with Crippen LogP contribution in [0.25, 0.3) is 0 Å². The quantitative estimate of drug-likeness (QED) is 0.841. The van der Waals surface area contributed by atoms with Crippen LogP contribution >= 0.6 is 0 Å². The van der Waals surface area contributed by atoms with Crippen molar-refractivity contribution < 1.29 is 9.53 Å². The third-order valence-electron chi connectivity index (χ3n) is 3.87. The first kappa shape index (κ1) is 14.9. The molecular weight excluding hydrogens is 252 g/mol. The molecule has 1 aliphatic heterocycles. The number of carbonyl (C=O) groups is 1. The number of ether oxygens (including phenoxy) is 1. The first-order valence-corrected chi connectivity index (χ1v) is 7.30. The van der Waals surface area contributed by atoms with E-state index < -0.39 is 0 Å². The Bertz CT molecular complexity index is 466. The van der Waals surface area contributed by atoms with Crippen LogP contribution in [0, 0.1) is 13.8 Å². The molecule has 0 atom stereocenters. The van der Waals surface area contributed by atoms with Crippen molar-refractivity contribution in [3.8, 4) is 5.75 Å².